The zero-order chi connectivity index (χ0) is 12.8. The molecule has 0 aliphatic carbocycles. The van der Waals surface area contributed by atoms with Crippen molar-refractivity contribution in [1.82, 2.24) is 15.3 Å². The highest BCUT2D eigenvalue weighted by atomic mass is 14.9. The predicted octanol–water partition coefficient (Wildman–Crippen LogP) is 2.68. The molecule has 0 bridgehead atoms. The smallest absolute Gasteiger partial charge is 0.0422 e. The van der Waals surface area contributed by atoms with E-state index in [1.165, 1.54) is 5.56 Å². The van der Waals surface area contributed by atoms with Crippen molar-refractivity contribution in [2.75, 3.05) is 6.54 Å². The van der Waals surface area contributed by atoms with Crippen molar-refractivity contribution in [1.29, 1.82) is 0 Å². The summed E-state index contributed by atoms with van der Waals surface area (Å²) in [5.41, 5.74) is 3.36. The van der Waals surface area contributed by atoms with Crippen LogP contribution in [0.15, 0.2) is 42.7 Å². The standard InChI is InChI=1S/C15H19N3/c1-3-16-15(10-14-6-4-5-9-17-14)13-8-7-12(2)18-11-13/h4-9,11,15-16H,3,10H2,1-2H3. The number of hydrogen-bond acceptors (Lipinski definition) is 3. The van der Waals surface area contributed by atoms with Gasteiger partial charge in [0.15, 0.2) is 0 Å². The van der Waals surface area contributed by atoms with Gasteiger partial charge in [-0.3, -0.25) is 9.97 Å². The molecule has 0 aromatic carbocycles. The van der Waals surface area contributed by atoms with Crippen LogP contribution < -0.4 is 5.32 Å². The van der Waals surface area contributed by atoms with Crippen LogP contribution in [0.4, 0.5) is 0 Å². The Balaban J connectivity index is 2.15. The minimum absolute atomic E-state index is 0.276. The van der Waals surface area contributed by atoms with E-state index in [0.29, 0.717) is 0 Å². The summed E-state index contributed by atoms with van der Waals surface area (Å²) in [7, 11) is 0. The summed E-state index contributed by atoms with van der Waals surface area (Å²) < 4.78 is 0. The topological polar surface area (TPSA) is 37.8 Å². The third-order valence-electron chi connectivity index (χ3n) is 2.93. The molecule has 2 aromatic rings. The summed E-state index contributed by atoms with van der Waals surface area (Å²) in [5.74, 6) is 0. The first kappa shape index (κ1) is 12.7. The van der Waals surface area contributed by atoms with Crippen molar-refractivity contribution in [3.63, 3.8) is 0 Å². The summed E-state index contributed by atoms with van der Waals surface area (Å²) >= 11 is 0. The fourth-order valence-corrected chi connectivity index (χ4v) is 1.97. The number of pyridine rings is 2. The quantitative estimate of drug-likeness (QED) is 0.874. The Morgan fingerprint density at radius 2 is 2.06 bits per heavy atom. The van der Waals surface area contributed by atoms with Crippen molar-refractivity contribution < 1.29 is 0 Å². The van der Waals surface area contributed by atoms with E-state index in [1.807, 2.05) is 31.5 Å². The maximum absolute atomic E-state index is 4.38. The first-order valence-electron chi connectivity index (χ1n) is 6.35. The van der Waals surface area contributed by atoms with E-state index in [2.05, 4.69) is 40.4 Å². The molecule has 0 saturated carbocycles. The highest BCUT2D eigenvalue weighted by molar-refractivity contribution is 5.19. The molecule has 3 heteroatoms. The molecule has 3 nitrogen and oxygen atoms in total. The fraction of sp³-hybridized carbons (Fsp3) is 0.333. The molecule has 0 amide bonds. The maximum atomic E-state index is 4.38. The first-order chi connectivity index (χ1) is 8.79. The highest BCUT2D eigenvalue weighted by Gasteiger charge is 2.11. The minimum Gasteiger partial charge on any atom is -0.310 e. The predicted molar refractivity (Wildman–Crippen MR) is 73.3 cm³/mol. The third-order valence-corrected chi connectivity index (χ3v) is 2.93. The summed E-state index contributed by atoms with van der Waals surface area (Å²) in [4.78, 5) is 8.75. The van der Waals surface area contributed by atoms with Gasteiger partial charge in [0.05, 0.1) is 0 Å². The van der Waals surface area contributed by atoms with Crippen LogP contribution in [-0.2, 0) is 6.42 Å². The van der Waals surface area contributed by atoms with Gasteiger partial charge in [-0.05, 0) is 37.2 Å². The Hall–Kier alpha value is -1.74. The van der Waals surface area contributed by atoms with Crippen molar-refractivity contribution in [3.05, 3.63) is 59.7 Å². The average molecular weight is 241 g/mol. The fourth-order valence-electron chi connectivity index (χ4n) is 1.97. The van der Waals surface area contributed by atoms with E-state index in [4.69, 9.17) is 0 Å². The van der Waals surface area contributed by atoms with Crippen LogP contribution in [0.5, 0.6) is 0 Å². The van der Waals surface area contributed by atoms with E-state index in [1.54, 1.807) is 0 Å². The van der Waals surface area contributed by atoms with E-state index in [-0.39, 0.29) is 6.04 Å². The molecule has 94 valence electrons. The lowest BCUT2D eigenvalue weighted by atomic mass is 10.0. The average Bonchev–Trinajstić information content (AvgIpc) is 2.40. The van der Waals surface area contributed by atoms with Crippen molar-refractivity contribution >= 4 is 0 Å². The molecule has 0 aliphatic rings. The second-order valence-electron chi connectivity index (χ2n) is 4.37. The molecule has 1 unspecified atom stereocenters. The second-order valence-corrected chi connectivity index (χ2v) is 4.37. The van der Waals surface area contributed by atoms with Crippen LogP contribution in [0.2, 0.25) is 0 Å². The summed E-state index contributed by atoms with van der Waals surface area (Å²) in [5, 5.41) is 3.49. The van der Waals surface area contributed by atoms with Crippen LogP contribution in [0, 0.1) is 6.92 Å². The van der Waals surface area contributed by atoms with Gasteiger partial charge in [-0.2, -0.15) is 0 Å². The number of aromatic nitrogens is 2. The number of hydrogen-bond donors (Lipinski definition) is 1. The van der Waals surface area contributed by atoms with Crippen LogP contribution >= 0.6 is 0 Å². The van der Waals surface area contributed by atoms with Crippen molar-refractivity contribution in [3.8, 4) is 0 Å². The molecule has 2 aromatic heterocycles. The molecule has 0 fully saturated rings. The van der Waals surface area contributed by atoms with Gasteiger partial charge < -0.3 is 5.32 Å². The van der Waals surface area contributed by atoms with E-state index >= 15 is 0 Å². The largest absolute Gasteiger partial charge is 0.310 e. The Labute approximate surface area is 108 Å². The lowest BCUT2D eigenvalue weighted by molar-refractivity contribution is 0.542. The van der Waals surface area contributed by atoms with Gasteiger partial charge in [0.1, 0.15) is 0 Å². The Morgan fingerprint density at radius 3 is 2.67 bits per heavy atom. The van der Waals surface area contributed by atoms with Crippen LogP contribution in [0.1, 0.15) is 29.9 Å². The van der Waals surface area contributed by atoms with Gasteiger partial charge in [-0.25, -0.2) is 0 Å². The van der Waals surface area contributed by atoms with Crippen molar-refractivity contribution in [2.24, 2.45) is 0 Å². The normalized spacial score (nSPS) is 12.3. The summed E-state index contributed by atoms with van der Waals surface area (Å²) in [6, 6.07) is 10.5. The lowest BCUT2D eigenvalue weighted by Crippen LogP contribution is -2.23. The lowest BCUT2D eigenvalue weighted by Gasteiger charge is -2.17. The van der Waals surface area contributed by atoms with Crippen LogP contribution in [0.3, 0.4) is 0 Å². The molecule has 1 atom stereocenters. The first-order valence-corrected chi connectivity index (χ1v) is 6.35. The molecule has 0 radical (unpaired) electrons. The molecule has 0 spiro atoms. The molecule has 18 heavy (non-hydrogen) atoms. The van der Waals surface area contributed by atoms with Gasteiger partial charge in [-0.1, -0.05) is 19.1 Å². The number of likely N-dealkylation sites (N-methyl/N-ethyl adjacent to an activating group) is 1. The van der Waals surface area contributed by atoms with E-state index < -0.39 is 0 Å². The zero-order valence-corrected chi connectivity index (χ0v) is 10.9. The number of nitrogens with one attached hydrogen (secondary N) is 1. The zero-order valence-electron chi connectivity index (χ0n) is 10.9. The molecule has 0 aliphatic heterocycles. The molecule has 1 N–H and O–H groups in total. The van der Waals surface area contributed by atoms with Gasteiger partial charge in [0, 0.05) is 36.2 Å². The Morgan fingerprint density at radius 1 is 1.17 bits per heavy atom. The van der Waals surface area contributed by atoms with Gasteiger partial charge in [0.2, 0.25) is 0 Å². The molecular formula is C15H19N3. The molecular weight excluding hydrogens is 222 g/mol. The number of rotatable bonds is 5. The summed E-state index contributed by atoms with van der Waals surface area (Å²) in [6.07, 6.45) is 4.68. The van der Waals surface area contributed by atoms with Crippen molar-refractivity contribution in [2.45, 2.75) is 26.3 Å². The van der Waals surface area contributed by atoms with Gasteiger partial charge in [-0.15, -0.1) is 0 Å². The van der Waals surface area contributed by atoms with Crippen LogP contribution in [0.25, 0.3) is 0 Å². The minimum atomic E-state index is 0.276. The SMILES string of the molecule is CCNC(Cc1ccccn1)c1ccc(C)nc1. The summed E-state index contributed by atoms with van der Waals surface area (Å²) in [6.45, 7) is 5.06. The number of nitrogens with zero attached hydrogens (tertiary/aromatic N) is 2. The van der Waals surface area contributed by atoms with E-state index in [9.17, 15) is 0 Å². The maximum Gasteiger partial charge on any atom is 0.0422 e. The number of aryl methyl sites for hydroxylation is 1. The van der Waals surface area contributed by atoms with E-state index in [0.717, 1.165) is 24.4 Å². The molecule has 2 rings (SSSR count). The van der Waals surface area contributed by atoms with Crippen LogP contribution in [-0.4, -0.2) is 16.5 Å². The Kier molecular flexibility index (Phi) is 4.42. The van der Waals surface area contributed by atoms with Gasteiger partial charge in [0.25, 0.3) is 0 Å². The highest BCUT2D eigenvalue weighted by Crippen LogP contribution is 2.16. The Bertz CT molecular complexity index is 465. The molecule has 2 heterocycles. The van der Waals surface area contributed by atoms with Gasteiger partial charge >= 0.3 is 0 Å². The monoisotopic (exact) mass is 241 g/mol. The molecule has 0 saturated heterocycles. The third kappa shape index (κ3) is 3.37. The second kappa shape index (κ2) is 6.26.